The molecule has 1 atom stereocenters. The molecule has 0 heterocycles. The molecule has 0 amide bonds. The Morgan fingerprint density at radius 2 is 1.92 bits per heavy atom. The summed E-state index contributed by atoms with van der Waals surface area (Å²) < 4.78 is 49.0. The second-order valence-electron chi connectivity index (χ2n) is 2.17. The monoisotopic (exact) mass is 208 g/mol. The van der Waals surface area contributed by atoms with Crippen molar-refractivity contribution in [1.29, 1.82) is 0 Å². The lowest BCUT2D eigenvalue weighted by Crippen LogP contribution is -1.97. The zero-order valence-electron chi connectivity index (χ0n) is 6.58. The van der Waals surface area contributed by atoms with E-state index in [1.54, 1.807) is 0 Å². The van der Waals surface area contributed by atoms with Gasteiger partial charge in [-0.25, -0.2) is 13.0 Å². The van der Waals surface area contributed by atoms with E-state index in [0.717, 1.165) is 6.07 Å². The van der Waals surface area contributed by atoms with Crippen LogP contribution in [0.2, 0.25) is 0 Å². The van der Waals surface area contributed by atoms with Crippen molar-refractivity contribution in [2.45, 2.75) is 4.90 Å². The molecular formula is C7H6F2O3S. The van der Waals surface area contributed by atoms with Gasteiger partial charge in [0.25, 0.3) is 0 Å². The Morgan fingerprint density at radius 1 is 1.38 bits per heavy atom. The molecule has 1 unspecified atom stereocenters. The lowest BCUT2D eigenvalue weighted by atomic mass is 10.3. The molecule has 1 rings (SSSR count). The van der Waals surface area contributed by atoms with E-state index in [1.165, 1.54) is 7.11 Å². The normalized spacial score (nSPS) is 12.6. The second-order valence-corrected chi connectivity index (χ2v) is 3.10. The predicted octanol–water partition coefficient (Wildman–Crippen LogP) is 1.55. The molecule has 0 spiro atoms. The molecule has 1 aromatic carbocycles. The van der Waals surface area contributed by atoms with E-state index < -0.39 is 22.7 Å². The number of hydrogen-bond donors (Lipinski definition) is 1. The van der Waals surface area contributed by atoms with Crippen molar-refractivity contribution in [3.63, 3.8) is 0 Å². The fourth-order valence-corrected chi connectivity index (χ4v) is 1.32. The molecule has 0 aliphatic carbocycles. The van der Waals surface area contributed by atoms with Gasteiger partial charge in [0, 0.05) is 6.07 Å². The van der Waals surface area contributed by atoms with Crippen LogP contribution in [0, 0.1) is 11.6 Å². The molecule has 0 aliphatic rings. The Balaban J connectivity index is 3.33. The molecular weight excluding hydrogens is 202 g/mol. The molecule has 72 valence electrons. The minimum atomic E-state index is -2.39. The number of benzene rings is 1. The van der Waals surface area contributed by atoms with E-state index in [4.69, 9.17) is 4.55 Å². The van der Waals surface area contributed by atoms with Crippen LogP contribution in [-0.4, -0.2) is 15.9 Å². The summed E-state index contributed by atoms with van der Waals surface area (Å²) in [6.45, 7) is 0. The quantitative estimate of drug-likeness (QED) is 0.750. The highest BCUT2D eigenvalue weighted by Gasteiger charge is 2.13. The maximum absolute atomic E-state index is 12.6. The minimum Gasteiger partial charge on any atom is -0.495 e. The molecule has 0 saturated carbocycles. The van der Waals surface area contributed by atoms with Crippen LogP contribution in [0.25, 0.3) is 0 Å². The number of hydrogen-bond acceptors (Lipinski definition) is 2. The smallest absolute Gasteiger partial charge is 0.190 e. The standard InChI is InChI=1S/C7H6F2O3S/c1-12-6-2-4(8)5(9)3-7(6)13(10)11/h2-3H,1H3,(H,10,11). The molecule has 0 fully saturated rings. The molecule has 0 aliphatic heterocycles. The van der Waals surface area contributed by atoms with Gasteiger partial charge in [0.05, 0.1) is 7.11 Å². The average molecular weight is 208 g/mol. The van der Waals surface area contributed by atoms with Gasteiger partial charge < -0.3 is 9.29 Å². The lowest BCUT2D eigenvalue weighted by molar-refractivity contribution is 0.392. The van der Waals surface area contributed by atoms with Crippen LogP contribution in [0.1, 0.15) is 0 Å². The maximum Gasteiger partial charge on any atom is 0.190 e. The topological polar surface area (TPSA) is 46.5 Å². The summed E-state index contributed by atoms with van der Waals surface area (Å²) >= 11 is -2.39. The summed E-state index contributed by atoms with van der Waals surface area (Å²) in [4.78, 5) is -0.290. The zero-order chi connectivity index (χ0) is 10.0. The molecule has 13 heavy (non-hydrogen) atoms. The first-order valence-corrected chi connectivity index (χ1v) is 4.31. The molecule has 0 saturated heterocycles. The van der Waals surface area contributed by atoms with Gasteiger partial charge in [-0.05, 0) is 6.07 Å². The average Bonchev–Trinajstić information content (AvgIpc) is 2.08. The van der Waals surface area contributed by atoms with Crippen molar-refractivity contribution >= 4 is 11.1 Å². The Morgan fingerprint density at radius 3 is 2.38 bits per heavy atom. The number of rotatable bonds is 2. The first kappa shape index (κ1) is 10.1. The summed E-state index contributed by atoms with van der Waals surface area (Å²) in [7, 11) is 1.20. The SMILES string of the molecule is COc1cc(F)c(F)cc1S(=O)O. The van der Waals surface area contributed by atoms with Crippen molar-refractivity contribution in [1.82, 2.24) is 0 Å². The summed E-state index contributed by atoms with van der Waals surface area (Å²) in [6, 6.07) is 1.35. The largest absolute Gasteiger partial charge is 0.495 e. The van der Waals surface area contributed by atoms with E-state index >= 15 is 0 Å². The van der Waals surface area contributed by atoms with Crippen molar-refractivity contribution < 1.29 is 22.3 Å². The molecule has 6 heteroatoms. The van der Waals surface area contributed by atoms with E-state index in [-0.39, 0.29) is 10.6 Å². The zero-order valence-corrected chi connectivity index (χ0v) is 7.40. The first-order chi connectivity index (χ1) is 6.06. The summed E-state index contributed by atoms with van der Waals surface area (Å²) in [5.74, 6) is -2.45. The Hall–Kier alpha value is -1.01. The summed E-state index contributed by atoms with van der Waals surface area (Å²) in [5, 5.41) is 0. The van der Waals surface area contributed by atoms with Gasteiger partial charge in [-0.15, -0.1) is 0 Å². The van der Waals surface area contributed by atoms with Crippen LogP contribution in [0.4, 0.5) is 8.78 Å². The molecule has 0 radical (unpaired) electrons. The molecule has 1 N–H and O–H groups in total. The highest BCUT2D eigenvalue weighted by Crippen LogP contribution is 2.24. The van der Waals surface area contributed by atoms with Crippen LogP contribution in [0.5, 0.6) is 5.75 Å². The molecule has 0 bridgehead atoms. The highest BCUT2D eigenvalue weighted by molar-refractivity contribution is 7.79. The third-order valence-electron chi connectivity index (χ3n) is 1.39. The fourth-order valence-electron chi connectivity index (χ4n) is 0.806. The maximum atomic E-state index is 12.6. The lowest BCUT2D eigenvalue weighted by Gasteiger charge is -2.04. The van der Waals surface area contributed by atoms with Crippen LogP contribution in [0.15, 0.2) is 17.0 Å². The van der Waals surface area contributed by atoms with Crippen molar-refractivity contribution in [2.24, 2.45) is 0 Å². The van der Waals surface area contributed by atoms with E-state index in [2.05, 4.69) is 4.74 Å². The van der Waals surface area contributed by atoms with Gasteiger partial charge in [0.2, 0.25) is 0 Å². The molecule has 0 aromatic heterocycles. The van der Waals surface area contributed by atoms with Gasteiger partial charge in [-0.2, -0.15) is 0 Å². The van der Waals surface area contributed by atoms with E-state index in [1.807, 2.05) is 0 Å². The van der Waals surface area contributed by atoms with Crippen LogP contribution in [-0.2, 0) is 11.1 Å². The second kappa shape index (κ2) is 3.80. The van der Waals surface area contributed by atoms with Crippen LogP contribution < -0.4 is 4.74 Å². The van der Waals surface area contributed by atoms with Crippen molar-refractivity contribution in [3.8, 4) is 5.75 Å². The summed E-state index contributed by atoms with van der Waals surface area (Å²) in [6.07, 6.45) is 0. The van der Waals surface area contributed by atoms with E-state index in [0.29, 0.717) is 6.07 Å². The van der Waals surface area contributed by atoms with Gasteiger partial charge in [0.1, 0.15) is 10.6 Å². The van der Waals surface area contributed by atoms with Gasteiger partial charge in [-0.1, -0.05) is 0 Å². The summed E-state index contributed by atoms with van der Waals surface area (Å²) in [5.41, 5.74) is 0. The molecule has 3 nitrogen and oxygen atoms in total. The van der Waals surface area contributed by atoms with Crippen molar-refractivity contribution in [3.05, 3.63) is 23.8 Å². The van der Waals surface area contributed by atoms with Gasteiger partial charge in [0.15, 0.2) is 22.7 Å². The Kier molecular flexibility index (Phi) is 2.94. The number of halogens is 2. The third kappa shape index (κ3) is 2.02. The first-order valence-electron chi connectivity index (χ1n) is 3.20. The minimum absolute atomic E-state index is 0.153. The predicted molar refractivity (Wildman–Crippen MR) is 41.9 cm³/mol. The van der Waals surface area contributed by atoms with E-state index in [9.17, 15) is 13.0 Å². The van der Waals surface area contributed by atoms with Gasteiger partial charge >= 0.3 is 0 Å². The van der Waals surface area contributed by atoms with Gasteiger partial charge in [-0.3, -0.25) is 0 Å². The number of methoxy groups -OCH3 is 1. The third-order valence-corrected chi connectivity index (χ3v) is 2.09. The van der Waals surface area contributed by atoms with Crippen LogP contribution >= 0.6 is 0 Å². The van der Waals surface area contributed by atoms with Crippen LogP contribution in [0.3, 0.4) is 0 Å². The van der Waals surface area contributed by atoms with Crippen molar-refractivity contribution in [2.75, 3.05) is 7.11 Å². The number of ether oxygens (including phenoxy) is 1. The molecule has 1 aromatic rings. The highest BCUT2D eigenvalue weighted by atomic mass is 32.2. The Bertz CT molecular complexity index is 354. The Labute approximate surface area is 75.6 Å². The fraction of sp³-hybridized carbons (Fsp3) is 0.143.